The van der Waals surface area contributed by atoms with Crippen LogP contribution < -0.4 is 5.73 Å². The molecule has 0 aromatic heterocycles. The summed E-state index contributed by atoms with van der Waals surface area (Å²) in [6, 6.07) is 9.47. The maximum atomic E-state index is 12.7. The highest BCUT2D eigenvalue weighted by atomic mass is 35.5. The van der Waals surface area contributed by atoms with Gasteiger partial charge in [0.05, 0.1) is 10.0 Å². The van der Waals surface area contributed by atoms with Crippen LogP contribution in [0, 0.1) is 5.82 Å². The molecule has 0 unspecified atom stereocenters. The molecule has 2 rings (SSSR count). The van der Waals surface area contributed by atoms with Crippen molar-refractivity contribution in [1.82, 2.24) is 0 Å². The van der Waals surface area contributed by atoms with Crippen molar-refractivity contribution >= 4 is 40.7 Å². The summed E-state index contributed by atoms with van der Waals surface area (Å²) < 4.78 is 12.7. The van der Waals surface area contributed by atoms with Crippen LogP contribution in [-0.4, -0.2) is 0 Å². The van der Waals surface area contributed by atoms with Gasteiger partial charge < -0.3 is 5.73 Å². The predicted molar refractivity (Wildman–Crippen MR) is 71.4 cm³/mol. The first-order valence-electron chi connectivity index (χ1n) is 4.74. The van der Waals surface area contributed by atoms with Crippen LogP contribution in [0.3, 0.4) is 0 Å². The molecule has 5 heteroatoms. The van der Waals surface area contributed by atoms with E-state index >= 15 is 0 Å². The third-order valence-electron chi connectivity index (χ3n) is 2.09. The zero-order chi connectivity index (χ0) is 12.4. The van der Waals surface area contributed by atoms with E-state index in [1.807, 2.05) is 0 Å². The first kappa shape index (κ1) is 12.6. The Morgan fingerprint density at radius 1 is 1.00 bits per heavy atom. The first-order chi connectivity index (χ1) is 8.06. The SMILES string of the molecule is Nc1cc(Cl)c(Cl)cc1Sc1ccc(F)cc1. The summed E-state index contributed by atoms with van der Waals surface area (Å²) in [5, 5.41) is 0.873. The van der Waals surface area contributed by atoms with Crippen LogP contribution in [0.2, 0.25) is 10.0 Å². The molecule has 0 aliphatic rings. The molecule has 0 heterocycles. The zero-order valence-corrected chi connectivity index (χ0v) is 10.9. The Labute approximate surface area is 113 Å². The molecule has 0 fully saturated rings. The summed E-state index contributed by atoms with van der Waals surface area (Å²) in [7, 11) is 0. The largest absolute Gasteiger partial charge is 0.398 e. The third-order valence-corrected chi connectivity index (χ3v) is 3.90. The fourth-order valence-electron chi connectivity index (χ4n) is 1.26. The van der Waals surface area contributed by atoms with Crippen LogP contribution in [0.15, 0.2) is 46.2 Å². The van der Waals surface area contributed by atoms with Gasteiger partial charge in [-0.3, -0.25) is 0 Å². The average molecular weight is 288 g/mol. The monoisotopic (exact) mass is 287 g/mol. The lowest BCUT2D eigenvalue weighted by Gasteiger charge is -2.07. The highest BCUT2D eigenvalue weighted by Crippen LogP contribution is 2.37. The topological polar surface area (TPSA) is 26.0 Å². The zero-order valence-electron chi connectivity index (χ0n) is 8.58. The van der Waals surface area contributed by atoms with E-state index in [0.29, 0.717) is 15.7 Å². The van der Waals surface area contributed by atoms with E-state index in [-0.39, 0.29) is 5.82 Å². The molecule has 0 saturated heterocycles. The molecule has 0 bridgehead atoms. The number of anilines is 1. The van der Waals surface area contributed by atoms with Crippen molar-refractivity contribution < 1.29 is 4.39 Å². The molecule has 0 amide bonds. The number of halogens is 3. The standard InChI is InChI=1S/C12H8Cl2FNS/c13-9-5-11(16)12(6-10(9)14)17-8-3-1-7(15)2-4-8/h1-6H,16H2. The smallest absolute Gasteiger partial charge is 0.123 e. The number of nitrogens with two attached hydrogens (primary N) is 1. The summed E-state index contributed by atoms with van der Waals surface area (Å²) in [5.74, 6) is -0.267. The van der Waals surface area contributed by atoms with E-state index < -0.39 is 0 Å². The Balaban J connectivity index is 2.30. The Bertz CT molecular complexity index is 543. The van der Waals surface area contributed by atoms with E-state index in [2.05, 4.69) is 0 Å². The minimum absolute atomic E-state index is 0.267. The van der Waals surface area contributed by atoms with Gasteiger partial charge in [-0.25, -0.2) is 4.39 Å². The van der Waals surface area contributed by atoms with Gasteiger partial charge in [0.1, 0.15) is 5.82 Å². The summed E-state index contributed by atoms with van der Waals surface area (Å²) in [5.41, 5.74) is 6.38. The fourth-order valence-corrected chi connectivity index (χ4v) is 2.54. The number of rotatable bonds is 2. The van der Waals surface area contributed by atoms with Crippen molar-refractivity contribution in [2.24, 2.45) is 0 Å². The minimum atomic E-state index is -0.267. The van der Waals surface area contributed by atoms with E-state index in [0.717, 1.165) is 9.79 Å². The second-order valence-electron chi connectivity index (χ2n) is 3.36. The van der Waals surface area contributed by atoms with Gasteiger partial charge in [0.15, 0.2) is 0 Å². The van der Waals surface area contributed by atoms with Crippen LogP contribution in [0.5, 0.6) is 0 Å². The van der Waals surface area contributed by atoms with Crippen LogP contribution >= 0.6 is 35.0 Å². The summed E-state index contributed by atoms with van der Waals surface area (Å²) in [4.78, 5) is 1.68. The maximum Gasteiger partial charge on any atom is 0.123 e. The molecule has 0 aliphatic carbocycles. The van der Waals surface area contributed by atoms with Crippen LogP contribution in [0.25, 0.3) is 0 Å². The molecule has 0 spiro atoms. The molecule has 17 heavy (non-hydrogen) atoms. The molecular formula is C12H8Cl2FNS. The lowest BCUT2D eigenvalue weighted by molar-refractivity contribution is 0.626. The lowest BCUT2D eigenvalue weighted by Crippen LogP contribution is -1.89. The third kappa shape index (κ3) is 3.06. The van der Waals surface area contributed by atoms with Crippen LogP contribution in [-0.2, 0) is 0 Å². The number of nitrogen functional groups attached to an aromatic ring is 1. The Morgan fingerprint density at radius 2 is 1.59 bits per heavy atom. The van der Waals surface area contributed by atoms with Gasteiger partial charge in [-0.15, -0.1) is 0 Å². The second-order valence-corrected chi connectivity index (χ2v) is 5.29. The van der Waals surface area contributed by atoms with E-state index in [9.17, 15) is 4.39 Å². The van der Waals surface area contributed by atoms with E-state index in [1.165, 1.54) is 23.9 Å². The Morgan fingerprint density at radius 3 is 2.24 bits per heavy atom. The summed E-state index contributed by atoms with van der Waals surface area (Å²) in [6.45, 7) is 0. The number of hydrogen-bond acceptors (Lipinski definition) is 2. The number of benzene rings is 2. The molecule has 2 aromatic carbocycles. The molecule has 0 radical (unpaired) electrons. The van der Waals surface area contributed by atoms with Gasteiger partial charge in [0.25, 0.3) is 0 Å². The van der Waals surface area contributed by atoms with E-state index in [1.54, 1.807) is 24.3 Å². The highest BCUT2D eigenvalue weighted by molar-refractivity contribution is 7.99. The van der Waals surface area contributed by atoms with Crippen molar-refractivity contribution in [3.63, 3.8) is 0 Å². The Kier molecular flexibility index (Phi) is 3.82. The highest BCUT2D eigenvalue weighted by Gasteiger charge is 2.06. The predicted octanol–water partition coefficient (Wildman–Crippen LogP) is 4.87. The van der Waals surface area contributed by atoms with Crippen LogP contribution in [0.1, 0.15) is 0 Å². The maximum absolute atomic E-state index is 12.7. The molecule has 1 nitrogen and oxygen atoms in total. The normalized spacial score (nSPS) is 10.5. The fraction of sp³-hybridized carbons (Fsp3) is 0. The summed E-state index contributed by atoms with van der Waals surface area (Å²) in [6.07, 6.45) is 0. The summed E-state index contributed by atoms with van der Waals surface area (Å²) >= 11 is 13.2. The number of hydrogen-bond donors (Lipinski definition) is 1. The van der Waals surface area contributed by atoms with Crippen molar-refractivity contribution in [1.29, 1.82) is 0 Å². The van der Waals surface area contributed by atoms with Gasteiger partial charge in [0, 0.05) is 15.5 Å². The van der Waals surface area contributed by atoms with Gasteiger partial charge >= 0.3 is 0 Å². The molecule has 2 aromatic rings. The molecule has 0 saturated carbocycles. The lowest BCUT2D eigenvalue weighted by atomic mass is 10.3. The average Bonchev–Trinajstić information content (AvgIpc) is 2.29. The van der Waals surface area contributed by atoms with E-state index in [4.69, 9.17) is 28.9 Å². The second kappa shape index (κ2) is 5.17. The van der Waals surface area contributed by atoms with Crippen molar-refractivity contribution in [2.45, 2.75) is 9.79 Å². The quantitative estimate of drug-likeness (QED) is 0.798. The molecule has 0 atom stereocenters. The molecular weight excluding hydrogens is 280 g/mol. The van der Waals surface area contributed by atoms with Crippen molar-refractivity contribution in [3.8, 4) is 0 Å². The molecule has 2 N–H and O–H groups in total. The molecule has 0 aliphatic heterocycles. The van der Waals surface area contributed by atoms with Gasteiger partial charge in [-0.05, 0) is 36.4 Å². The van der Waals surface area contributed by atoms with Crippen molar-refractivity contribution in [2.75, 3.05) is 5.73 Å². The van der Waals surface area contributed by atoms with Crippen LogP contribution in [0.4, 0.5) is 10.1 Å². The first-order valence-corrected chi connectivity index (χ1v) is 6.31. The Hall–Kier alpha value is -0.900. The van der Waals surface area contributed by atoms with Gasteiger partial charge in [-0.2, -0.15) is 0 Å². The van der Waals surface area contributed by atoms with Gasteiger partial charge in [0.2, 0.25) is 0 Å². The molecule has 88 valence electrons. The van der Waals surface area contributed by atoms with Gasteiger partial charge in [-0.1, -0.05) is 35.0 Å². The minimum Gasteiger partial charge on any atom is -0.398 e. The van der Waals surface area contributed by atoms with Crippen molar-refractivity contribution in [3.05, 3.63) is 52.3 Å².